The molecular formula is C20H22N2O7. The molecule has 2 aliphatic rings. The average Bonchev–Trinajstić information content (AvgIpc) is 3.18. The van der Waals surface area contributed by atoms with Crippen molar-refractivity contribution in [1.82, 2.24) is 10.2 Å². The Morgan fingerprint density at radius 2 is 1.93 bits per heavy atom. The maximum absolute atomic E-state index is 12.8. The number of imide groups is 2. The first-order chi connectivity index (χ1) is 13.9. The number of hydrogen-bond donors (Lipinski definition) is 2. The molecule has 29 heavy (non-hydrogen) atoms. The highest BCUT2D eigenvalue weighted by Gasteiger charge is 2.40. The van der Waals surface area contributed by atoms with Crippen LogP contribution >= 0.6 is 0 Å². The molecule has 1 aliphatic heterocycles. The van der Waals surface area contributed by atoms with Crippen molar-refractivity contribution < 1.29 is 33.8 Å². The first kappa shape index (κ1) is 20.4. The van der Waals surface area contributed by atoms with Crippen LogP contribution in [0.4, 0.5) is 4.79 Å². The molecule has 3 rings (SSSR count). The molecule has 0 unspecified atom stereocenters. The number of benzene rings is 1. The molecule has 1 aliphatic carbocycles. The molecule has 9 heteroatoms. The molecule has 0 atom stereocenters. The third-order valence-corrected chi connectivity index (χ3v) is 4.75. The van der Waals surface area contributed by atoms with Crippen molar-refractivity contribution in [3.05, 3.63) is 29.3 Å². The second kappa shape index (κ2) is 8.76. The summed E-state index contributed by atoms with van der Waals surface area (Å²) >= 11 is 0. The first-order valence-electron chi connectivity index (χ1n) is 9.42. The Morgan fingerprint density at radius 3 is 2.59 bits per heavy atom. The molecule has 2 N–H and O–H groups in total. The predicted octanol–water partition coefficient (Wildman–Crippen LogP) is 1.95. The largest absolute Gasteiger partial charge is 0.490 e. The minimum Gasteiger partial charge on any atom is -0.490 e. The zero-order valence-corrected chi connectivity index (χ0v) is 16.0. The molecule has 1 heterocycles. The van der Waals surface area contributed by atoms with Crippen LogP contribution in [0.3, 0.4) is 0 Å². The van der Waals surface area contributed by atoms with Gasteiger partial charge in [-0.05, 0) is 43.5 Å². The lowest BCUT2D eigenvalue weighted by atomic mass is 10.0. The molecule has 1 aromatic rings. The van der Waals surface area contributed by atoms with E-state index >= 15 is 0 Å². The molecule has 2 fully saturated rings. The number of aliphatic carboxylic acids is 1. The van der Waals surface area contributed by atoms with Gasteiger partial charge in [-0.2, -0.15) is 0 Å². The second-order valence-corrected chi connectivity index (χ2v) is 6.75. The average molecular weight is 402 g/mol. The van der Waals surface area contributed by atoms with Crippen LogP contribution in [0, 0.1) is 0 Å². The minimum absolute atomic E-state index is 0.141. The highest BCUT2D eigenvalue weighted by Crippen LogP contribution is 2.31. The van der Waals surface area contributed by atoms with Crippen LogP contribution in [0.1, 0.15) is 38.2 Å². The minimum atomic E-state index is -1.13. The number of nitrogens with one attached hydrogen (secondary N) is 1. The Balaban J connectivity index is 1.89. The van der Waals surface area contributed by atoms with Crippen molar-refractivity contribution in [3.8, 4) is 11.5 Å². The van der Waals surface area contributed by atoms with Crippen LogP contribution in [0.15, 0.2) is 23.8 Å². The standard InChI is InChI=1S/C20H22N2O7/c1-2-28-16-10-12(7-8-15(16)29-11-17(23)24)9-14-18(25)21-20(27)22(19(14)26)13-5-3-4-6-13/h7-10,13H,2-6,11H2,1H3,(H,23,24)(H,21,25,27). The van der Waals surface area contributed by atoms with Gasteiger partial charge in [0.25, 0.3) is 11.8 Å². The fourth-order valence-electron chi connectivity index (χ4n) is 3.47. The molecular weight excluding hydrogens is 380 g/mol. The van der Waals surface area contributed by atoms with E-state index < -0.39 is 30.4 Å². The van der Waals surface area contributed by atoms with Gasteiger partial charge in [0.05, 0.1) is 6.61 Å². The normalized spacial score (nSPS) is 18.9. The predicted molar refractivity (Wildman–Crippen MR) is 101 cm³/mol. The van der Waals surface area contributed by atoms with Gasteiger partial charge in [-0.25, -0.2) is 9.59 Å². The molecule has 4 amide bonds. The Hall–Kier alpha value is -3.36. The van der Waals surface area contributed by atoms with E-state index in [1.807, 2.05) is 0 Å². The number of carboxylic acids is 1. The van der Waals surface area contributed by atoms with Gasteiger partial charge in [-0.15, -0.1) is 0 Å². The SMILES string of the molecule is CCOc1cc(C=C2C(=O)NC(=O)N(C3CCCC3)C2=O)ccc1OCC(=O)O. The summed E-state index contributed by atoms with van der Waals surface area (Å²) in [6, 6.07) is 3.74. The van der Waals surface area contributed by atoms with Crippen molar-refractivity contribution in [1.29, 1.82) is 0 Å². The maximum Gasteiger partial charge on any atom is 0.341 e. The number of rotatable bonds is 7. The van der Waals surface area contributed by atoms with E-state index in [4.69, 9.17) is 14.6 Å². The van der Waals surface area contributed by atoms with Crippen molar-refractivity contribution in [2.45, 2.75) is 38.6 Å². The molecule has 1 saturated heterocycles. The number of carbonyl (C=O) groups excluding carboxylic acids is 3. The van der Waals surface area contributed by atoms with E-state index in [2.05, 4.69) is 5.32 Å². The number of carbonyl (C=O) groups is 4. The highest BCUT2D eigenvalue weighted by molar-refractivity contribution is 6.31. The summed E-state index contributed by atoms with van der Waals surface area (Å²) in [4.78, 5) is 49.1. The van der Waals surface area contributed by atoms with Gasteiger partial charge in [0.1, 0.15) is 5.57 Å². The molecule has 0 bridgehead atoms. The monoisotopic (exact) mass is 402 g/mol. The van der Waals surface area contributed by atoms with Crippen LogP contribution in [-0.4, -0.2) is 53.1 Å². The van der Waals surface area contributed by atoms with Gasteiger partial charge in [0, 0.05) is 6.04 Å². The van der Waals surface area contributed by atoms with Gasteiger partial charge in [-0.3, -0.25) is 19.8 Å². The molecule has 0 radical (unpaired) electrons. The van der Waals surface area contributed by atoms with Crippen LogP contribution in [-0.2, 0) is 14.4 Å². The Morgan fingerprint density at radius 1 is 1.21 bits per heavy atom. The van der Waals surface area contributed by atoms with E-state index in [0.717, 1.165) is 30.6 Å². The summed E-state index contributed by atoms with van der Waals surface area (Å²) in [7, 11) is 0. The van der Waals surface area contributed by atoms with Crippen molar-refractivity contribution >= 4 is 29.9 Å². The number of barbiturate groups is 1. The summed E-state index contributed by atoms with van der Waals surface area (Å²) in [6.45, 7) is 1.54. The van der Waals surface area contributed by atoms with Crippen LogP contribution in [0.2, 0.25) is 0 Å². The van der Waals surface area contributed by atoms with Gasteiger partial charge in [0.15, 0.2) is 18.1 Å². The molecule has 154 valence electrons. The lowest BCUT2D eigenvalue weighted by Gasteiger charge is -2.31. The lowest BCUT2D eigenvalue weighted by molar-refractivity contribution is -0.139. The summed E-state index contributed by atoms with van der Waals surface area (Å²) < 4.78 is 10.7. The van der Waals surface area contributed by atoms with Crippen molar-refractivity contribution in [2.24, 2.45) is 0 Å². The van der Waals surface area contributed by atoms with Crippen LogP contribution in [0.5, 0.6) is 11.5 Å². The number of ether oxygens (including phenoxy) is 2. The summed E-state index contributed by atoms with van der Waals surface area (Å²) in [6.07, 6.45) is 4.71. The Labute approximate surface area is 167 Å². The molecule has 9 nitrogen and oxygen atoms in total. The smallest absolute Gasteiger partial charge is 0.341 e. The number of nitrogens with zero attached hydrogens (tertiary/aromatic N) is 1. The van der Waals surface area contributed by atoms with Gasteiger partial charge in [-0.1, -0.05) is 18.9 Å². The third-order valence-electron chi connectivity index (χ3n) is 4.75. The second-order valence-electron chi connectivity index (χ2n) is 6.75. The van der Waals surface area contributed by atoms with E-state index in [1.54, 1.807) is 19.1 Å². The van der Waals surface area contributed by atoms with Crippen LogP contribution < -0.4 is 14.8 Å². The number of urea groups is 1. The fourth-order valence-corrected chi connectivity index (χ4v) is 3.47. The van der Waals surface area contributed by atoms with E-state index in [1.165, 1.54) is 12.1 Å². The van der Waals surface area contributed by atoms with Crippen LogP contribution in [0.25, 0.3) is 6.08 Å². The van der Waals surface area contributed by atoms with E-state index in [-0.39, 0.29) is 23.1 Å². The zero-order valence-electron chi connectivity index (χ0n) is 16.0. The summed E-state index contributed by atoms with van der Waals surface area (Å²) in [5, 5.41) is 11.0. The van der Waals surface area contributed by atoms with Gasteiger partial charge in [0.2, 0.25) is 0 Å². The molecule has 0 aromatic heterocycles. The fraction of sp³-hybridized carbons (Fsp3) is 0.400. The van der Waals surface area contributed by atoms with Gasteiger partial charge < -0.3 is 14.6 Å². The first-order valence-corrected chi connectivity index (χ1v) is 9.42. The number of carboxylic acid groups (broad SMARTS) is 1. The summed E-state index contributed by atoms with van der Waals surface area (Å²) in [5.74, 6) is -1.97. The zero-order chi connectivity index (χ0) is 21.0. The van der Waals surface area contributed by atoms with Crippen molar-refractivity contribution in [3.63, 3.8) is 0 Å². The molecule has 1 saturated carbocycles. The summed E-state index contributed by atoms with van der Waals surface area (Å²) in [5.41, 5.74) is 0.341. The molecule has 1 aromatic carbocycles. The third kappa shape index (κ3) is 4.56. The number of amides is 4. The lowest BCUT2D eigenvalue weighted by Crippen LogP contribution is -2.57. The molecule has 0 spiro atoms. The maximum atomic E-state index is 12.8. The van der Waals surface area contributed by atoms with E-state index in [0.29, 0.717) is 12.2 Å². The quantitative estimate of drug-likeness (QED) is 0.528. The highest BCUT2D eigenvalue weighted by atomic mass is 16.5. The van der Waals surface area contributed by atoms with E-state index in [9.17, 15) is 19.2 Å². The topological polar surface area (TPSA) is 122 Å². The van der Waals surface area contributed by atoms with Gasteiger partial charge >= 0.3 is 12.0 Å². The number of hydrogen-bond acceptors (Lipinski definition) is 6. The Bertz CT molecular complexity index is 872. The van der Waals surface area contributed by atoms with Crippen molar-refractivity contribution in [2.75, 3.05) is 13.2 Å². The Kier molecular flexibility index (Phi) is 6.16.